The number of hydrogen-bond acceptors (Lipinski definition) is 8. The fourth-order valence-corrected chi connectivity index (χ4v) is 6.18. The van der Waals surface area contributed by atoms with Crippen molar-refractivity contribution in [3.05, 3.63) is 77.2 Å². The first kappa shape index (κ1) is 26.5. The van der Waals surface area contributed by atoms with Crippen LogP contribution in [-0.4, -0.2) is 83.7 Å². The summed E-state index contributed by atoms with van der Waals surface area (Å²) in [5.41, 5.74) is 3.20. The summed E-state index contributed by atoms with van der Waals surface area (Å²) in [7, 11) is 1.68. The van der Waals surface area contributed by atoms with Crippen LogP contribution in [0.25, 0.3) is 0 Å². The fourth-order valence-electron chi connectivity index (χ4n) is 6.18. The smallest absolute Gasteiger partial charge is 0.335 e. The molecule has 1 fully saturated rings. The van der Waals surface area contributed by atoms with E-state index >= 15 is 0 Å². The summed E-state index contributed by atoms with van der Waals surface area (Å²) in [6.45, 7) is 7.73. The summed E-state index contributed by atoms with van der Waals surface area (Å²) in [4.78, 5) is 25.9. The van der Waals surface area contributed by atoms with Crippen LogP contribution >= 0.6 is 0 Å². The average Bonchev–Trinajstić information content (AvgIpc) is 3.48. The van der Waals surface area contributed by atoms with E-state index in [1.165, 1.54) is 5.56 Å². The molecule has 1 aromatic heterocycles. The Morgan fingerprint density at radius 3 is 2.73 bits per heavy atom. The summed E-state index contributed by atoms with van der Waals surface area (Å²) in [5, 5.41) is 9.49. The SMILES string of the molecule is COCCN1C(CN2CCC(c3cccc4c3OC(C)(c3cccc(C)n3)O4)CC2)=NC2C=CC(C(=O)O)=CC21. The second kappa shape index (κ2) is 10.7. The number of aliphatic imine (C=N–C) groups is 1. The Morgan fingerprint density at radius 2 is 1.98 bits per heavy atom. The van der Waals surface area contributed by atoms with Gasteiger partial charge in [0.25, 0.3) is 5.79 Å². The molecule has 1 aromatic carbocycles. The number of benzene rings is 1. The maximum absolute atomic E-state index is 11.6. The van der Waals surface area contributed by atoms with Crippen molar-refractivity contribution in [2.75, 3.05) is 39.9 Å². The lowest BCUT2D eigenvalue weighted by molar-refractivity contribution is -0.132. The molecule has 0 spiro atoms. The number of methoxy groups -OCH3 is 1. The Balaban J connectivity index is 1.13. The summed E-state index contributed by atoms with van der Waals surface area (Å²) in [6, 6.07) is 11.9. The molecule has 1 aliphatic carbocycles. The van der Waals surface area contributed by atoms with Crippen LogP contribution in [0.5, 0.6) is 11.5 Å². The van der Waals surface area contributed by atoms with Crippen LogP contribution < -0.4 is 9.47 Å². The number of aliphatic carboxylic acids is 1. The number of piperidine rings is 1. The molecular weight excluding hydrogens is 508 g/mol. The minimum absolute atomic E-state index is 0.0613. The zero-order valence-corrected chi connectivity index (χ0v) is 23.2. The van der Waals surface area contributed by atoms with Crippen molar-refractivity contribution in [2.45, 2.75) is 50.5 Å². The number of aryl methyl sites for hydroxylation is 1. The molecule has 3 aliphatic heterocycles. The molecule has 9 heteroatoms. The molecule has 9 nitrogen and oxygen atoms in total. The number of pyridine rings is 1. The van der Waals surface area contributed by atoms with E-state index in [2.05, 4.69) is 26.9 Å². The third-order valence-corrected chi connectivity index (χ3v) is 8.30. The van der Waals surface area contributed by atoms with Crippen molar-refractivity contribution in [3.8, 4) is 11.5 Å². The molecule has 0 saturated carbocycles. The topological polar surface area (TPSA) is 96.7 Å². The van der Waals surface area contributed by atoms with E-state index < -0.39 is 11.8 Å². The normalized spacial score (nSPS) is 26.0. The predicted octanol–water partition coefficient (Wildman–Crippen LogP) is 3.89. The van der Waals surface area contributed by atoms with Crippen molar-refractivity contribution in [1.82, 2.24) is 14.8 Å². The van der Waals surface area contributed by atoms with Crippen molar-refractivity contribution >= 4 is 11.8 Å². The molecule has 0 bridgehead atoms. The molecule has 4 heterocycles. The second-order valence-electron chi connectivity index (χ2n) is 11.0. The maximum atomic E-state index is 11.6. The van der Waals surface area contributed by atoms with E-state index in [0.717, 1.165) is 61.2 Å². The first-order chi connectivity index (χ1) is 19.3. The molecule has 3 atom stereocenters. The van der Waals surface area contributed by atoms with E-state index in [4.69, 9.17) is 19.2 Å². The monoisotopic (exact) mass is 544 g/mol. The van der Waals surface area contributed by atoms with Crippen LogP contribution in [0, 0.1) is 6.92 Å². The van der Waals surface area contributed by atoms with Gasteiger partial charge >= 0.3 is 5.97 Å². The minimum atomic E-state index is -0.947. The van der Waals surface area contributed by atoms with Gasteiger partial charge in [0.1, 0.15) is 11.5 Å². The number of ether oxygens (including phenoxy) is 3. The Bertz CT molecular complexity index is 1380. The molecule has 0 radical (unpaired) electrons. The number of aromatic nitrogens is 1. The lowest BCUT2D eigenvalue weighted by Crippen LogP contribution is -2.46. The van der Waals surface area contributed by atoms with Gasteiger partial charge in [-0.25, -0.2) is 9.78 Å². The number of amidine groups is 1. The van der Waals surface area contributed by atoms with Gasteiger partial charge in [-0.3, -0.25) is 9.89 Å². The van der Waals surface area contributed by atoms with Gasteiger partial charge in [-0.1, -0.05) is 24.3 Å². The Morgan fingerprint density at radius 1 is 1.18 bits per heavy atom. The van der Waals surface area contributed by atoms with E-state index in [1.807, 2.05) is 50.3 Å². The largest absolute Gasteiger partial charge is 0.478 e. The molecular formula is C31H36N4O5. The quantitative estimate of drug-likeness (QED) is 0.535. The summed E-state index contributed by atoms with van der Waals surface area (Å²) in [6.07, 6.45) is 7.40. The molecule has 4 aliphatic rings. The van der Waals surface area contributed by atoms with Gasteiger partial charge in [0.15, 0.2) is 11.5 Å². The van der Waals surface area contributed by atoms with E-state index in [0.29, 0.717) is 24.6 Å². The van der Waals surface area contributed by atoms with Crippen LogP contribution in [0.4, 0.5) is 0 Å². The molecule has 6 rings (SSSR count). The minimum Gasteiger partial charge on any atom is -0.478 e. The molecule has 0 amide bonds. The highest BCUT2D eigenvalue weighted by molar-refractivity contribution is 5.92. The van der Waals surface area contributed by atoms with Gasteiger partial charge in [0, 0.05) is 31.8 Å². The number of para-hydroxylation sites is 1. The molecule has 3 unspecified atom stereocenters. The summed E-state index contributed by atoms with van der Waals surface area (Å²) < 4.78 is 18.2. The summed E-state index contributed by atoms with van der Waals surface area (Å²) in [5.74, 6) is 1.10. The lowest BCUT2D eigenvalue weighted by Gasteiger charge is -2.35. The highest BCUT2D eigenvalue weighted by atomic mass is 16.7. The highest BCUT2D eigenvalue weighted by Gasteiger charge is 2.42. The fraction of sp³-hybridized carbons (Fsp3) is 0.452. The number of carboxylic acid groups (broad SMARTS) is 1. The second-order valence-corrected chi connectivity index (χ2v) is 11.0. The molecule has 40 heavy (non-hydrogen) atoms. The van der Waals surface area contributed by atoms with Crippen molar-refractivity contribution in [2.24, 2.45) is 4.99 Å². The number of likely N-dealkylation sites (tertiary alicyclic amines) is 1. The van der Waals surface area contributed by atoms with Crippen molar-refractivity contribution in [3.63, 3.8) is 0 Å². The predicted molar refractivity (Wildman–Crippen MR) is 151 cm³/mol. The number of carboxylic acids is 1. The first-order valence-corrected chi connectivity index (χ1v) is 14.0. The Labute approximate surface area is 234 Å². The van der Waals surface area contributed by atoms with Crippen LogP contribution in [-0.2, 0) is 15.3 Å². The maximum Gasteiger partial charge on any atom is 0.335 e. The molecule has 1 saturated heterocycles. The van der Waals surface area contributed by atoms with Gasteiger partial charge in [-0.2, -0.15) is 0 Å². The number of nitrogens with zero attached hydrogens (tertiary/aromatic N) is 4. The lowest BCUT2D eigenvalue weighted by atomic mass is 9.88. The van der Waals surface area contributed by atoms with E-state index in [-0.39, 0.29) is 12.1 Å². The molecule has 210 valence electrons. The highest BCUT2D eigenvalue weighted by Crippen LogP contribution is 2.49. The zero-order valence-electron chi connectivity index (χ0n) is 23.2. The van der Waals surface area contributed by atoms with Crippen LogP contribution in [0.1, 0.15) is 42.6 Å². The van der Waals surface area contributed by atoms with Crippen LogP contribution in [0.15, 0.2) is 65.2 Å². The number of carbonyl (C=O) groups is 1. The van der Waals surface area contributed by atoms with Crippen molar-refractivity contribution in [1.29, 1.82) is 0 Å². The van der Waals surface area contributed by atoms with Crippen molar-refractivity contribution < 1.29 is 24.1 Å². The third kappa shape index (κ3) is 4.99. The zero-order chi connectivity index (χ0) is 27.9. The van der Waals surface area contributed by atoms with Crippen LogP contribution in [0.2, 0.25) is 0 Å². The molecule has 2 aromatic rings. The summed E-state index contributed by atoms with van der Waals surface area (Å²) >= 11 is 0. The number of rotatable bonds is 8. The van der Waals surface area contributed by atoms with Crippen LogP contribution in [0.3, 0.4) is 0 Å². The van der Waals surface area contributed by atoms with Gasteiger partial charge in [-0.15, -0.1) is 0 Å². The van der Waals surface area contributed by atoms with Gasteiger partial charge in [0.2, 0.25) is 0 Å². The Hall–Kier alpha value is -3.69. The van der Waals surface area contributed by atoms with Gasteiger partial charge < -0.3 is 24.2 Å². The van der Waals surface area contributed by atoms with E-state index in [1.54, 1.807) is 13.2 Å². The van der Waals surface area contributed by atoms with Gasteiger partial charge in [0.05, 0.1) is 30.8 Å². The third-order valence-electron chi connectivity index (χ3n) is 8.30. The first-order valence-electron chi connectivity index (χ1n) is 14.0. The number of fused-ring (bicyclic) bond motifs is 2. The Kier molecular flexibility index (Phi) is 7.10. The van der Waals surface area contributed by atoms with Gasteiger partial charge in [-0.05, 0) is 69.1 Å². The average molecular weight is 545 g/mol. The van der Waals surface area contributed by atoms with E-state index in [9.17, 15) is 9.90 Å². The standard InChI is InChI=1S/C31H36N4O5/c1-20-6-4-9-27(32-20)31(2)39-26-8-5-7-23(29(26)40-31)21-12-14-34(15-13-21)19-28-33-24-11-10-22(30(36)37)18-25(24)35(28)16-17-38-3/h4-11,18,21,24-25H,12-17,19H2,1-3H3,(H,36,37). The number of hydrogen-bond donors (Lipinski definition) is 1. The molecule has 1 N–H and O–H groups in total.